The number of aromatic amines is 1. The SMILES string of the molecule is CCC1(CC(N)Cc2nn[nH]n2)CC1. The molecule has 14 heavy (non-hydrogen) atoms. The molecule has 2 rings (SSSR count). The van der Waals surface area contributed by atoms with Gasteiger partial charge in [0.15, 0.2) is 5.82 Å². The first-order valence-corrected chi connectivity index (χ1v) is 5.22. The average molecular weight is 195 g/mol. The lowest BCUT2D eigenvalue weighted by Gasteiger charge is -2.16. The Morgan fingerprint density at radius 1 is 1.57 bits per heavy atom. The molecule has 3 N–H and O–H groups in total. The van der Waals surface area contributed by atoms with Gasteiger partial charge in [-0.15, -0.1) is 10.2 Å². The molecule has 1 aromatic rings. The van der Waals surface area contributed by atoms with Gasteiger partial charge in [0.1, 0.15) is 0 Å². The maximum Gasteiger partial charge on any atom is 0.176 e. The molecule has 1 unspecified atom stereocenters. The quantitative estimate of drug-likeness (QED) is 0.723. The fourth-order valence-electron chi connectivity index (χ4n) is 2.01. The minimum absolute atomic E-state index is 0.176. The van der Waals surface area contributed by atoms with E-state index in [0.717, 1.165) is 18.7 Å². The highest BCUT2D eigenvalue weighted by atomic mass is 15.5. The molecule has 1 aliphatic rings. The molecule has 0 saturated heterocycles. The molecule has 0 amide bonds. The summed E-state index contributed by atoms with van der Waals surface area (Å²) >= 11 is 0. The first kappa shape index (κ1) is 9.58. The van der Waals surface area contributed by atoms with E-state index in [9.17, 15) is 0 Å². The summed E-state index contributed by atoms with van der Waals surface area (Å²) in [4.78, 5) is 0. The zero-order valence-corrected chi connectivity index (χ0v) is 8.53. The number of aromatic nitrogens is 4. The largest absolute Gasteiger partial charge is 0.327 e. The summed E-state index contributed by atoms with van der Waals surface area (Å²) < 4.78 is 0. The Morgan fingerprint density at radius 3 is 2.86 bits per heavy atom. The molecule has 0 bridgehead atoms. The summed E-state index contributed by atoms with van der Waals surface area (Å²) in [5.74, 6) is 0.726. The van der Waals surface area contributed by atoms with Crippen molar-refractivity contribution < 1.29 is 0 Å². The molecule has 1 fully saturated rings. The Kier molecular flexibility index (Phi) is 2.50. The number of H-pyrrole nitrogens is 1. The van der Waals surface area contributed by atoms with E-state index < -0.39 is 0 Å². The Balaban J connectivity index is 1.82. The van der Waals surface area contributed by atoms with Crippen LogP contribution in [0.1, 0.15) is 38.4 Å². The van der Waals surface area contributed by atoms with Gasteiger partial charge in [-0.05, 0) is 24.7 Å². The molecular formula is C9H17N5. The van der Waals surface area contributed by atoms with Gasteiger partial charge < -0.3 is 5.73 Å². The van der Waals surface area contributed by atoms with Crippen LogP contribution in [0.25, 0.3) is 0 Å². The predicted molar refractivity (Wildman–Crippen MR) is 52.4 cm³/mol. The second kappa shape index (κ2) is 3.65. The van der Waals surface area contributed by atoms with Gasteiger partial charge in [-0.1, -0.05) is 18.6 Å². The molecule has 78 valence electrons. The second-order valence-corrected chi connectivity index (χ2v) is 4.35. The van der Waals surface area contributed by atoms with Crippen molar-refractivity contribution in [1.82, 2.24) is 20.6 Å². The van der Waals surface area contributed by atoms with Crippen LogP contribution in [0.5, 0.6) is 0 Å². The van der Waals surface area contributed by atoms with Gasteiger partial charge in [-0.2, -0.15) is 5.21 Å². The summed E-state index contributed by atoms with van der Waals surface area (Å²) in [5, 5.41) is 13.8. The Bertz CT molecular complexity index is 277. The fraction of sp³-hybridized carbons (Fsp3) is 0.889. The molecule has 1 aliphatic carbocycles. The summed E-state index contributed by atoms with van der Waals surface area (Å²) in [6.45, 7) is 2.24. The van der Waals surface area contributed by atoms with E-state index in [1.165, 1.54) is 19.3 Å². The maximum atomic E-state index is 6.04. The molecule has 0 radical (unpaired) electrons. The van der Waals surface area contributed by atoms with Crippen LogP contribution in [0, 0.1) is 5.41 Å². The normalized spacial score (nSPS) is 20.7. The number of hydrogen-bond acceptors (Lipinski definition) is 4. The van der Waals surface area contributed by atoms with Gasteiger partial charge in [-0.25, -0.2) is 0 Å². The summed E-state index contributed by atoms with van der Waals surface area (Å²) in [7, 11) is 0. The zero-order valence-electron chi connectivity index (χ0n) is 8.53. The van der Waals surface area contributed by atoms with E-state index >= 15 is 0 Å². The molecule has 1 heterocycles. The summed E-state index contributed by atoms with van der Waals surface area (Å²) in [6.07, 6.45) is 5.75. The third kappa shape index (κ3) is 2.09. The minimum atomic E-state index is 0.176. The third-order valence-corrected chi connectivity index (χ3v) is 3.24. The second-order valence-electron chi connectivity index (χ2n) is 4.35. The molecule has 5 nitrogen and oxygen atoms in total. The van der Waals surface area contributed by atoms with Crippen LogP contribution in [0.15, 0.2) is 0 Å². The van der Waals surface area contributed by atoms with Crippen LogP contribution in [0.2, 0.25) is 0 Å². The Morgan fingerprint density at radius 2 is 2.36 bits per heavy atom. The van der Waals surface area contributed by atoms with Crippen LogP contribution < -0.4 is 5.73 Å². The summed E-state index contributed by atoms with van der Waals surface area (Å²) in [5.41, 5.74) is 6.59. The molecular weight excluding hydrogens is 178 g/mol. The molecule has 0 aliphatic heterocycles. The van der Waals surface area contributed by atoms with Gasteiger partial charge in [0.25, 0.3) is 0 Å². The van der Waals surface area contributed by atoms with Gasteiger partial charge >= 0.3 is 0 Å². The van der Waals surface area contributed by atoms with Crippen molar-refractivity contribution in [3.8, 4) is 0 Å². The van der Waals surface area contributed by atoms with Crippen molar-refractivity contribution in [2.75, 3.05) is 0 Å². The van der Waals surface area contributed by atoms with Gasteiger partial charge in [0.05, 0.1) is 0 Å². The van der Waals surface area contributed by atoms with E-state index in [-0.39, 0.29) is 6.04 Å². The van der Waals surface area contributed by atoms with Crippen LogP contribution in [0.3, 0.4) is 0 Å². The highest BCUT2D eigenvalue weighted by molar-refractivity contribution is 4.96. The zero-order chi connectivity index (χ0) is 10.0. The maximum absolute atomic E-state index is 6.04. The van der Waals surface area contributed by atoms with Gasteiger partial charge in [-0.3, -0.25) is 0 Å². The Labute approximate surface area is 83.5 Å². The van der Waals surface area contributed by atoms with Gasteiger partial charge in [0.2, 0.25) is 0 Å². The highest BCUT2D eigenvalue weighted by Crippen LogP contribution is 2.52. The highest BCUT2D eigenvalue weighted by Gasteiger charge is 2.41. The van der Waals surface area contributed by atoms with E-state index in [2.05, 4.69) is 27.5 Å². The lowest BCUT2D eigenvalue weighted by atomic mass is 9.93. The number of nitrogens with two attached hydrogens (primary N) is 1. The van der Waals surface area contributed by atoms with Crippen LogP contribution in [-0.2, 0) is 6.42 Å². The molecule has 0 spiro atoms. The lowest BCUT2D eigenvalue weighted by Crippen LogP contribution is -2.27. The van der Waals surface area contributed by atoms with Crippen molar-refractivity contribution in [3.63, 3.8) is 0 Å². The van der Waals surface area contributed by atoms with Crippen LogP contribution in [0.4, 0.5) is 0 Å². The van der Waals surface area contributed by atoms with Crippen molar-refractivity contribution in [3.05, 3.63) is 5.82 Å². The number of tetrazole rings is 1. The summed E-state index contributed by atoms with van der Waals surface area (Å²) in [6, 6.07) is 0.176. The van der Waals surface area contributed by atoms with Gasteiger partial charge in [0, 0.05) is 12.5 Å². The first-order valence-electron chi connectivity index (χ1n) is 5.22. The number of nitrogens with one attached hydrogen (secondary N) is 1. The average Bonchev–Trinajstić information content (AvgIpc) is 2.74. The molecule has 1 saturated carbocycles. The minimum Gasteiger partial charge on any atom is -0.327 e. The molecule has 5 heteroatoms. The molecule has 1 aromatic heterocycles. The van der Waals surface area contributed by atoms with Crippen molar-refractivity contribution in [2.45, 2.75) is 45.1 Å². The smallest absolute Gasteiger partial charge is 0.176 e. The van der Waals surface area contributed by atoms with E-state index in [4.69, 9.17) is 5.73 Å². The lowest BCUT2D eigenvalue weighted by molar-refractivity contribution is 0.395. The number of hydrogen-bond donors (Lipinski definition) is 2. The monoisotopic (exact) mass is 195 g/mol. The topological polar surface area (TPSA) is 80.5 Å². The first-order chi connectivity index (χ1) is 6.74. The van der Waals surface area contributed by atoms with Crippen molar-refractivity contribution in [2.24, 2.45) is 11.1 Å². The predicted octanol–water partition coefficient (Wildman–Crippen LogP) is 0.650. The number of nitrogens with zero attached hydrogens (tertiary/aromatic N) is 3. The fourth-order valence-corrected chi connectivity index (χ4v) is 2.01. The van der Waals surface area contributed by atoms with Crippen LogP contribution >= 0.6 is 0 Å². The van der Waals surface area contributed by atoms with Crippen molar-refractivity contribution >= 4 is 0 Å². The third-order valence-electron chi connectivity index (χ3n) is 3.24. The van der Waals surface area contributed by atoms with Crippen LogP contribution in [-0.4, -0.2) is 26.7 Å². The van der Waals surface area contributed by atoms with E-state index in [1.807, 2.05) is 0 Å². The van der Waals surface area contributed by atoms with Crippen molar-refractivity contribution in [1.29, 1.82) is 0 Å². The van der Waals surface area contributed by atoms with E-state index in [1.54, 1.807) is 0 Å². The molecule has 1 atom stereocenters. The standard InChI is InChI=1S/C9H17N5/c1-2-9(3-4-9)6-7(10)5-8-11-13-14-12-8/h7H,2-6,10H2,1H3,(H,11,12,13,14). The molecule has 0 aromatic carbocycles. The van der Waals surface area contributed by atoms with E-state index in [0.29, 0.717) is 5.41 Å². The Hall–Kier alpha value is -0.970. The number of rotatable bonds is 5.